The van der Waals surface area contributed by atoms with Crippen LogP contribution in [0.1, 0.15) is 24.2 Å². The van der Waals surface area contributed by atoms with E-state index < -0.39 is 0 Å². The predicted octanol–water partition coefficient (Wildman–Crippen LogP) is 4.10. The number of nitrogens with one attached hydrogen (secondary N) is 1. The molecule has 0 spiro atoms. The average Bonchev–Trinajstić information content (AvgIpc) is 2.29. The Bertz CT molecular complexity index is 409. The maximum Gasteiger partial charge on any atom is 0.252 e. The maximum atomic E-state index is 11.9. The molecule has 1 aromatic carbocycles. The molecule has 0 saturated heterocycles. The normalized spacial score (nSPS) is 12.6. The Hall–Kier alpha value is -0.250. The van der Waals surface area contributed by atoms with Gasteiger partial charge in [-0.15, -0.1) is 11.6 Å². The fourth-order valence-corrected chi connectivity index (χ4v) is 1.86. The molecule has 17 heavy (non-hydrogen) atoms. The van der Waals surface area contributed by atoms with E-state index in [2.05, 4.69) is 21.2 Å². The second kappa shape index (κ2) is 6.62. The molecule has 1 atom stereocenters. The number of rotatable bonds is 4. The van der Waals surface area contributed by atoms with Crippen LogP contribution in [0, 0.1) is 5.92 Å². The van der Waals surface area contributed by atoms with Crippen molar-refractivity contribution in [2.75, 3.05) is 6.54 Å². The summed E-state index contributed by atoms with van der Waals surface area (Å²) in [6.07, 6.45) is 0. The van der Waals surface area contributed by atoms with Crippen LogP contribution in [0.4, 0.5) is 0 Å². The van der Waals surface area contributed by atoms with Crippen molar-refractivity contribution < 1.29 is 4.79 Å². The van der Waals surface area contributed by atoms with Gasteiger partial charge in [0.15, 0.2) is 0 Å². The van der Waals surface area contributed by atoms with Crippen molar-refractivity contribution in [3.63, 3.8) is 0 Å². The van der Waals surface area contributed by atoms with E-state index in [0.717, 1.165) is 0 Å². The van der Waals surface area contributed by atoms with Crippen molar-refractivity contribution in [2.45, 2.75) is 19.2 Å². The SMILES string of the molecule is CC(C)C(Cl)CNC(=O)c1cccc(Br)c1Cl. The van der Waals surface area contributed by atoms with Gasteiger partial charge < -0.3 is 5.32 Å². The Morgan fingerprint density at radius 1 is 1.47 bits per heavy atom. The molecule has 0 saturated carbocycles. The number of amides is 1. The van der Waals surface area contributed by atoms with Crippen molar-refractivity contribution in [1.82, 2.24) is 5.32 Å². The van der Waals surface area contributed by atoms with Crippen LogP contribution in [-0.4, -0.2) is 17.8 Å². The number of halogens is 3. The Morgan fingerprint density at radius 2 is 2.12 bits per heavy atom. The Labute approximate surface area is 120 Å². The molecule has 0 heterocycles. The molecule has 1 N–H and O–H groups in total. The summed E-state index contributed by atoms with van der Waals surface area (Å²) in [4.78, 5) is 11.9. The van der Waals surface area contributed by atoms with Crippen molar-refractivity contribution >= 4 is 45.0 Å². The van der Waals surface area contributed by atoms with Crippen LogP contribution < -0.4 is 5.32 Å². The summed E-state index contributed by atoms with van der Waals surface area (Å²) >= 11 is 15.4. The summed E-state index contributed by atoms with van der Waals surface area (Å²) in [6, 6.07) is 5.24. The molecule has 2 nitrogen and oxygen atoms in total. The number of benzene rings is 1. The molecule has 94 valence electrons. The summed E-state index contributed by atoms with van der Waals surface area (Å²) in [5.74, 6) is 0.109. The molecule has 1 aromatic rings. The van der Waals surface area contributed by atoms with Gasteiger partial charge in [0.05, 0.1) is 16.0 Å². The lowest BCUT2D eigenvalue weighted by atomic mass is 10.1. The first kappa shape index (κ1) is 14.8. The predicted molar refractivity (Wildman–Crippen MR) is 76.0 cm³/mol. The lowest BCUT2D eigenvalue weighted by Crippen LogP contribution is -2.32. The van der Waals surface area contributed by atoms with E-state index in [0.29, 0.717) is 27.5 Å². The summed E-state index contributed by atoms with van der Waals surface area (Å²) < 4.78 is 0.707. The maximum absolute atomic E-state index is 11.9. The highest BCUT2D eigenvalue weighted by atomic mass is 79.9. The Kier molecular flexibility index (Phi) is 5.77. The first-order valence-corrected chi connectivity index (χ1v) is 6.90. The molecule has 0 bridgehead atoms. The molecule has 0 radical (unpaired) electrons. The summed E-state index contributed by atoms with van der Waals surface area (Å²) in [6.45, 7) is 4.45. The van der Waals surface area contributed by atoms with E-state index in [9.17, 15) is 4.79 Å². The first-order chi connectivity index (χ1) is 7.93. The monoisotopic (exact) mass is 337 g/mol. The third kappa shape index (κ3) is 4.16. The zero-order chi connectivity index (χ0) is 13.0. The van der Waals surface area contributed by atoms with Gasteiger partial charge in [0.25, 0.3) is 5.91 Å². The van der Waals surface area contributed by atoms with Gasteiger partial charge in [-0.25, -0.2) is 0 Å². The smallest absolute Gasteiger partial charge is 0.252 e. The topological polar surface area (TPSA) is 29.1 Å². The highest BCUT2D eigenvalue weighted by Crippen LogP contribution is 2.25. The molecule has 0 aliphatic heterocycles. The van der Waals surface area contributed by atoms with Crippen LogP contribution in [0.3, 0.4) is 0 Å². The minimum absolute atomic E-state index is 0.0788. The highest BCUT2D eigenvalue weighted by molar-refractivity contribution is 9.10. The highest BCUT2D eigenvalue weighted by Gasteiger charge is 2.15. The standard InChI is InChI=1S/C12H14BrCl2NO/c1-7(2)10(14)6-16-12(17)8-4-3-5-9(13)11(8)15/h3-5,7,10H,6H2,1-2H3,(H,16,17). The van der Waals surface area contributed by atoms with Gasteiger partial charge in [-0.3, -0.25) is 4.79 Å². The third-order valence-electron chi connectivity index (χ3n) is 2.38. The molecule has 0 aliphatic carbocycles. The molecule has 1 unspecified atom stereocenters. The van der Waals surface area contributed by atoms with Crippen LogP contribution in [0.5, 0.6) is 0 Å². The molecule has 5 heteroatoms. The van der Waals surface area contributed by atoms with Gasteiger partial charge >= 0.3 is 0 Å². The van der Waals surface area contributed by atoms with Crippen molar-refractivity contribution in [3.8, 4) is 0 Å². The molecule has 0 aromatic heterocycles. The van der Waals surface area contributed by atoms with E-state index in [4.69, 9.17) is 23.2 Å². The fourth-order valence-electron chi connectivity index (χ4n) is 1.20. The van der Waals surface area contributed by atoms with Gasteiger partial charge in [-0.1, -0.05) is 31.5 Å². The molecular weight excluding hydrogens is 325 g/mol. The van der Waals surface area contributed by atoms with E-state index in [1.807, 2.05) is 13.8 Å². The fraction of sp³-hybridized carbons (Fsp3) is 0.417. The lowest BCUT2D eigenvalue weighted by molar-refractivity contribution is 0.0952. The zero-order valence-corrected chi connectivity index (χ0v) is 12.7. The average molecular weight is 339 g/mol. The summed E-state index contributed by atoms with van der Waals surface area (Å²) in [7, 11) is 0. The number of alkyl halides is 1. The lowest BCUT2D eigenvalue weighted by Gasteiger charge is -2.14. The van der Waals surface area contributed by atoms with E-state index in [1.54, 1.807) is 18.2 Å². The largest absolute Gasteiger partial charge is 0.350 e. The van der Waals surface area contributed by atoms with Gasteiger partial charge in [0, 0.05) is 11.0 Å². The van der Waals surface area contributed by atoms with Gasteiger partial charge in [-0.05, 0) is 34.0 Å². The zero-order valence-electron chi connectivity index (χ0n) is 9.64. The summed E-state index contributed by atoms with van der Waals surface area (Å²) in [5, 5.41) is 3.11. The Morgan fingerprint density at radius 3 is 2.71 bits per heavy atom. The Balaban J connectivity index is 2.68. The minimum Gasteiger partial charge on any atom is -0.350 e. The van der Waals surface area contributed by atoms with E-state index in [-0.39, 0.29) is 11.3 Å². The molecule has 1 rings (SSSR count). The molecular formula is C12H14BrCl2NO. The van der Waals surface area contributed by atoms with Gasteiger partial charge in [0.2, 0.25) is 0 Å². The third-order valence-corrected chi connectivity index (χ3v) is 4.33. The van der Waals surface area contributed by atoms with Crippen molar-refractivity contribution in [3.05, 3.63) is 33.3 Å². The van der Waals surface area contributed by atoms with E-state index >= 15 is 0 Å². The van der Waals surface area contributed by atoms with Crippen LogP contribution in [0.15, 0.2) is 22.7 Å². The summed E-state index contributed by atoms with van der Waals surface area (Å²) in [5.41, 5.74) is 0.452. The number of hydrogen-bond donors (Lipinski definition) is 1. The first-order valence-electron chi connectivity index (χ1n) is 5.29. The molecule has 1 amide bonds. The minimum atomic E-state index is -0.206. The van der Waals surface area contributed by atoms with E-state index in [1.165, 1.54) is 0 Å². The molecule has 0 aliphatic rings. The molecule has 0 fully saturated rings. The second-order valence-corrected chi connectivity index (χ2v) is 5.86. The second-order valence-electron chi connectivity index (χ2n) is 4.07. The van der Waals surface area contributed by atoms with Crippen LogP contribution in [-0.2, 0) is 0 Å². The number of hydrogen-bond acceptors (Lipinski definition) is 1. The van der Waals surface area contributed by atoms with Crippen molar-refractivity contribution in [1.29, 1.82) is 0 Å². The number of carbonyl (C=O) groups excluding carboxylic acids is 1. The quantitative estimate of drug-likeness (QED) is 0.823. The van der Waals surface area contributed by atoms with Crippen LogP contribution in [0.2, 0.25) is 5.02 Å². The van der Waals surface area contributed by atoms with Gasteiger partial charge in [-0.2, -0.15) is 0 Å². The van der Waals surface area contributed by atoms with Crippen molar-refractivity contribution in [2.24, 2.45) is 5.92 Å². The van der Waals surface area contributed by atoms with Gasteiger partial charge in [0.1, 0.15) is 0 Å². The van der Waals surface area contributed by atoms with Crippen LogP contribution in [0.25, 0.3) is 0 Å². The number of carbonyl (C=O) groups is 1. The van der Waals surface area contributed by atoms with Crippen LogP contribution >= 0.6 is 39.1 Å².